The molecule has 2 aromatic rings. The van der Waals surface area contributed by atoms with E-state index >= 15 is 0 Å². The summed E-state index contributed by atoms with van der Waals surface area (Å²) in [6.07, 6.45) is 1.74. The molecule has 0 fully saturated rings. The van der Waals surface area contributed by atoms with E-state index in [0.29, 0.717) is 11.4 Å². The topological polar surface area (TPSA) is 66.0 Å². The van der Waals surface area contributed by atoms with Crippen molar-refractivity contribution in [3.8, 4) is 17.0 Å². The van der Waals surface area contributed by atoms with Gasteiger partial charge in [0.15, 0.2) is 0 Å². The third-order valence-corrected chi connectivity index (χ3v) is 3.90. The number of nitrogens with one attached hydrogen (secondary N) is 1. The van der Waals surface area contributed by atoms with Crippen LogP contribution in [-0.4, -0.2) is 15.1 Å². The summed E-state index contributed by atoms with van der Waals surface area (Å²) < 4.78 is 0.845. The van der Waals surface area contributed by atoms with Gasteiger partial charge in [-0.25, -0.2) is 0 Å². The second kappa shape index (κ2) is 6.22. The van der Waals surface area contributed by atoms with Gasteiger partial charge in [0.25, 0.3) is 5.56 Å². The fraction of sp³-hybridized carbons (Fsp3) is 0.333. The van der Waals surface area contributed by atoms with E-state index in [1.165, 1.54) is 0 Å². The Morgan fingerprint density at radius 2 is 2.05 bits per heavy atom. The molecule has 2 rings (SSSR count). The number of aromatic amines is 1. The number of benzene rings is 1. The van der Waals surface area contributed by atoms with Crippen LogP contribution >= 0.6 is 15.9 Å². The fourth-order valence-corrected chi connectivity index (χ4v) is 2.65. The van der Waals surface area contributed by atoms with E-state index in [1.807, 2.05) is 26.0 Å². The Balaban J connectivity index is 2.55. The number of aromatic nitrogens is 2. The lowest BCUT2D eigenvalue weighted by atomic mass is 10.0. The highest BCUT2D eigenvalue weighted by molar-refractivity contribution is 9.10. The molecule has 0 radical (unpaired) electrons. The van der Waals surface area contributed by atoms with E-state index in [0.717, 1.165) is 17.3 Å². The summed E-state index contributed by atoms with van der Waals surface area (Å²) >= 11 is 3.35. The third-order valence-electron chi connectivity index (χ3n) is 3.40. The first kappa shape index (κ1) is 14.8. The fourth-order valence-electron chi connectivity index (χ4n) is 2.25. The molecule has 0 bridgehead atoms. The maximum absolute atomic E-state index is 12.2. The zero-order valence-electron chi connectivity index (χ0n) is 11.5. The predicted octanol–water partition coefficient (Wildman–Crippen LogP) is 3.81. The minimum atomic E-state index is -0.308. The first-order valence-electron chi connectivity index (χ1n) is 6.65. The number of halogens is 1. The van der Waals surface area contributed by atoms with Gasteiger partial charge in [-0.1, -0.05) is 41.9 Å². The molecule has 0 spiro atoms. The molecule has 1 aromatic heterocycles. The molecular weight excluding hydrogens is 320 g/mol. The van der Waals surface area contributed by atoms with Gasteiger partial charge < -0.3 is 10.1 Å². The highest BCUT2D eigenvalue weighted by Crippen LogP contribution is 2.28. The van der Waals surface area contributed by atoms with Crippen molar-refractivity contribution in [2.24, 2.45) is 0 Å². The van der Waals surface area contributed by atoms with Gasteiger partial charge in [-0.15, -0.1) is 0 Å². The summed E-state index contributed by atoms with van der Waals surface area (Å²) in [7, 11) is 0. The van der Waals surface area contributed by atoms with Crippen LogP contribution in [0.25, 0.3) is 11.1 Å². The third kappa shape index (κ3) is 2.93. The monoisotopic (exact) mass is 336 g/mol. The molecule has 4 nitrogen and oxygen atoms in total. The van der Waals surface area contributed by atoms with Gasteiger partial charge in [0, 0.05) is 10.4 Å². The second-order valence-electron chi connectivity index (χ2n) is 4.67. The molecule has 5 heteroatoms. The molecule has 20 heavy (non-hydrogen) atoms. The van der Waals surface area contributed by atoms with Crippen molar-refractivity contribution in [3.05, 3.63) is 44.9 Å². The second-order valence-corrected chi connectivity index (χ2v) is 5.59. The highest BCUT2D eigenvalue weighted by Gasteiger charge is 2.17. The van der Waals surface area contributed by atoms with Crippen molar-refractivity contribution in [3.63, 3.8) is 0 Å². The Labute approximate surface area is 126 Å². The standard InChI is InChI=1S/C15H17BrN2O2/c1-3-9(4-2)13-17-14(19)12(15(20)18-13)10-6-5-7-11(16)8-10/h5-9H,3-4H2,1-2H3,(H2,17,18,19,20). The summed E-state index contributed by atoms with van der Waals surface area (Å²) in [4.78, 5) is 19.2. The Hall–Kier alpha value is -1.62. The lowest BCUT2D eigenvalue weighted by Gasteiger charge is -2.13. The molecule has 1 heterocycles. The SMILES string of the molecule is CCC(CC)c1nc(O)c(-c2cccc(Br)c2)c(=O)[nH]1. The van der Waals surface area contributed by atoms with E-state index in [-0.39, 0.29) is 22.9 Å². The molecule has 0 unspecified atom stereocenters. The molecule has 0 saturated heterocycles. The number of hydrogen-bond acceptors (Lipinski definition) is 3. The maximum atomic E-state index is 12.2. The van der Waals surface area contributed by atoms with Gasteiger partial charge >= 0.3 is 0 Å². The van der Waals surface area contributed by atoms with Crippen LogP contribution in [0.1, 0.15) is 38.4 Å². The zero-order valence-corrected chi connectivity index (χ0v) is 13.1. The zero-order chi connectivity index (χ0) is 14.7. The Bertz CT molecular complexity index is 663. The van der Waals surface area contributed by atoms with Gasteiger partial charge in [-0.05, 0) is 30.5 Å². The minimum absolute atomic E-state index is 0.158. The molecule has 1 aromatic carbocycles. The lowest BCUT2D eigenvalue weighted by Crippen LogP contribution is -2.16. The molecule has 106 valence electrons. The lowest BCUT2D eigenvalue weighted by molar-refractivity contribution is 0.444. The van der Waals surface area contributed by atoms with Crippen LogP contribution in [0, 0.1) is 0 Å². The molecule has 0 atom stereocenters. The average Bonchev–Trinajstić information content (AvgIpc) is 2.39. The molecular formula is C15H17BrN2O2. The summed E-state index contributed by atoms with van der Waals surface area (Å²) in [5, 5.41) is 10.1. The number of rotatable bonds is 4. The summed E-state index contributed by atoms with van der Waals surface area (Å²) in [5.74, 6) is 0.496. The van der Waals surface area contributed by atoms with Crippen molar-refractivity contribution in [1.82, 2.24) is 9.97 Å². The molecule has 0 aliphatic heterocycles. The number of nitrogens with zero attached hydrogens (tertiary/aromatic N) is 1. The van der Waals surface area contributed by atoms with Crippen LogP contribution in [0.2, 0.25) is 0 Å². The van der Waals surface area contributed by atoms with E-state index in [9.17, 15) is 9.90 Å². The van der Waals surface area contributed by atoms with Crippen LogP contribution in [-0.2, 0) is 0 Å². The number of aromatic hydroxyl groups is 1. The maximum Gasteiger partial charge on any atom is 0.262 e. The van der Waals surface area contributed by atoms with Crippen molar-refractivity contribution < 1.29 is 5.11 Å². The van der Waals surface area contributed by atoms with E-state index in [2.05, 4.69) is 25.9 Å². The number of H-pyrrole nitrogens is 1. The van der Waals surface area contributed by atoms with Crippen LogP contribution in [0.3, 0.4) is 0 Å². The van der Waals surface area contributed by atoms with Crippen molar-refractivity contribution in [2.45, 2.75) is 32.6 Å². The van der Waals surface area contributed by atoms with Gasteiger partial charge in [0.05, 0.1) is 0 Å². The minimum Gasteiger partial charge on any atom is -0.493 e. The number of hydrogen-bond donors (Lipinski definition) is 2. The van der Waals surface area contributed by atoms with E-state index in [4.69, 9.17) is 0 Å². The average molecular weight is 337 g/mol. The van der Waals surface area contributed by atoms with Crippen LogP contribution in [0.4, 0.5) is 0 Å². The van der Waals surface area contributed by atoms with E-state index < -0.39 is 0 Å². The van der Waals surface area contributed by atoms with Crippen LogP contribution in [0.15, 0.2) is 33.5 Å². The summed E-state index contributed by atoms with van der Waals surface area (Å²) in [5.41, 5.74) is 0.542. The van der Waals surface area contributed by atoms with Crippen LogP contribution < -0.4 is 5.56 Å². The molecule has 2 N–H and O–H groups in total. The van der Waals surface area contributed by atoms with Gasteiger partial charge in [0.2, 0.25) is 5.88 Å². The first-order valence-corrected chi connectivity index (χ1v) is 7.45. The largest absolute Gasteiger partial charge is 0.493 e. The Morgan fingerprint density at radius 3 is 2.60 bits per heavy atom. The van der Waals surface area contributed by atoms with Crippen molar-refractivity contribution in [2.75, 3.05) is 0 Å². The van der Waals surface area contributed by atoms with Crippen LogP contribution in [0.5, 0.6) is 5.88 Å². The molecule has 0 aliphatic carbocycles. The van der Waals surface area contributed by atoms with E-state index in [1.54, 1.807) is 12.1 Å². The first-order chi connectivity index (χ1) is 9.56. The van der Waals surface area contributed by atoms with Gasteiger partial charge in [-0.3, -0.25) is 4.79 Å². The van der Waals surface area contributed by atoms with Gasteiger partial charge in [0.1, 0.15) is 11.4 Å². The van der Waals surface area contributed by atoms with Crippen molar-refractivity contribution in [1.29, 1.82) is 0 Å². The molecule has 0 aliphatic rings. The highest BCUT2D eigenvalue weighted by atomic mass is 79.9. The molecule has 0 saturated carbocycles. The normalized spacial score (nSPS) is 11.0. The predicted molar refractivity (Wildman–Crippen MR) is 83.0 cm³/mol. The smallest absolute Gasteiger partial charge is 0.262 e. The Morgan fingerprint density at radius 1 is 1.35 bits per heavy atom. The summed E-state index contributed by atoms with van der Waals surface area (Å²) in [6.45, 7) is 4.07. The Kier molecular flexibility index (Phi) is 4.60. The summed E-state index contributed by atoms with van der Waals surface area (Å²) in [6, 6.07) is 7.23. The van der Waals surface area contributed by atoms with Gasteiger partial charge in [-0.2, -0.15) is 4.98 Å². The quantitative estimate of drug-likeness (QED) is 0.892. The molecule has 0 amide bonds. The van der Waals surface area contributed by atoms with Crippen molar-refractivity contribution >= 4 is 15.9 Å².